The highest BCUT2D eigenvalue weighted by Crippen LogP contribution is 2.21. The lowest BCUT2D eigenvalue weighted by Crippen LogP contribution is -2.43. The van der Waals surface area contributed by atoms with Gasteiger partial charge in [0, 0.05) is 18.9 Å². The van der Waals surface area contributed by atoms with Gasteiger partial charge >= 0.3 is 5.69 Å². The minimum Gasteiger partial charge on any atom is -0.383 e. The molecule has 31 heavy (non-hydrogen) atoms. The quantitative estimate of drug-likeness (QED) is 0.403. The van der Waals surface area contributed by atoms with Crippen LogP contribution in [0.2, 0.25) is 0 Å². The van der Waals surface area contributed by atoms with Crippen molar-refractivity contribution in [3.05, 3.63) is 75.2 Å². The van der Waals surface area contributed by atoms with Gasteiger partial charge in [0.15, 0.2) is 10.8 Å². The zero-order chi connectivity index (χ0) is 22.4. The van der Waals surface area contributed by atoms with Crippen molar-refractivity contribution >= 4 is 29.2 Å². The summed E-state index contributed by atoms with van der Waals surface area (Å²) in [6.07, 6.45) is 3.18. The minimum absolute atomic E-state index is 0.0213. The number of carbonyl (C=O) groups excluding carboxylic acids is 1. The number of aromatic nitrogens is 4. The number of carbonyl (C=O) groups is 1. The van der Waals surface area contributed by atoms with E-state index in [-0.39, 0.29) is 42.2 Å². The van der Waals surface area contributed by atoms with Gasteiger partial charge in [0.2, 0.25) is 5.91 Å². The second-order valence-corrected chi connectivity index (χ2v) is 8.23. The number of H-pyrrole nitrogens is 1. The lowest BCUT2D eigenvalue weighted by molar-refractivity contribution is -0.116. The lowest BCUT2D eigenvalue weighted by atomic mass is 10.2. The Bertz CT molecular complexity index is 1150. The van der Waals surface area contributed by atoms with Crippen LogP contribution in [0.5, 0.6) is 0 Å². The Hall–Kier alpha value is -3.40. The smallest absolute Gasteiger partial charge is 0.330 e. The summed E-state index contributed by atoms with van der Waals surface area (Å²) < 4.78 is 1.26. The maximum Gasteiger partial charge on any atom is 0.330 e. The molecule has 0 spiro atoms. The van der Waals surface area contributed by atoms with Gasteiger partial charge in [0.25, 0.3) is 5.56 Å². The van der Waals surface area contributed by atoms with Crippen molar-refractivity contribution in [2.45, 2.75) is 25.5 Å². The molecule has 0 aliphatic heterocycles. The standard InChI is InChI=1S/C21H24N6O3S/c1-14(2)11-26(16(28)13-31-20-23-9-6-10-24-20)17-18(22)27(21(30)25-19(17)29)12-15-7-4-3-5-8-15/h3-10,14H,11-13,22H2,1-2H3,(H,25,29,30). The highest BCUT2D eigenvalue weighted by Gasteiger charge is 2.25. The molecule has 0 aliphatic rings. The fourth-order valence-corrected chi connectivity index (χ4v) is 3.69. The maximum absolute atomic E-state index is 13.1. The van der Waals surface area contributed by atoms with Gasteiger partial charge in [-0.05, 0) is 17.5 Å². The average Bonchev–Trinajstić information content (AvgIpc) is 2.75. The Morgan fingerprint density at radius 1 is 1.16 bits per heavy atom. The molecule has 1 aromatic carbocycles. The SMILES string of the molecule is CC(C)CN(C(=O)CSc1ncccn1)c1c(N)n(Cc2ccccc2)c(=O)[nH]c1=O. The zero-order valence-corrected chi connectivity index (χ0v) is 18.1. The fourth-order valence-electron chi connectivity index (χ4n) is 3.01. The Morgan fingerprint density at radius 2 is 1.84 bits per heavy atom. The largest absolute Gasteiger partial charge is 0.383 e. The molecule has 10 heteroatoms. The number of rotatable bonds is 8. The summed E-state index contributed by atoms with van der Waals surface area (Å²) >= 11 is 1.17. The highest BCUT2D eigenvalue weighted by atomic mass is 32.2. The Labute approximate surface area is 183 Å². The number of hydrogen-bond donors (Lipinski definition) is 2. The van der Waals surface area contributed by atoms with E-state index in [0.717, 1.165) is 5.56 Å². The Balaban J connectivity index is 1.96. The summed E-state index contributed by atoms with van der Waals surface area (Å²) in [5.74, 6) is -0.288. The van der Waals surface area contributed by atoms with E-state index < -0.39 is 11.2 Å². The second kappa shape index (κ2) is 10.1. The van der Waals surface area contributed by atoms with Crippen LogP contribution in [0.3, 0.4) is 0 Å². The van der Waals surface area contributed by atoms with E-state index in [9.17, 15) is 14.4 Å². The van der Waals surface area contributed by atoms with Gasteiger partial charge in [0.05, 0.1) is 12.3 Å². The van der Waals surface area contributed by atoms with Gasteiger partial charge in [-0.15, -0.1) is 0 Å². The molecule has 0 atom stereocenters. The number of nitrogen functional groups attached to an aromatic ring is 1. The van der Waals surface area contributed by atoms with Crippen molar-refractivity contribution in [2.24, 2.45) is 5.92 Å². The molecule has 0 saturated carbocycles. The molecule has 2 heterocycles. The van der Waals surface area contributed by atoms with E-state index in [2.05, 4.69) is 15.0 Å². The van der Waals surface area contributed by atoms with Crippen LogP contribution in [-0.2, 0) is 11.3 Å². The molecule has 1 amide bonds. The molecule has 3 rings (SSSR count). The van der Waals surface area contributed by atoms with E-state index in [1.807, 2.05) is 44.2 Å². The van der Waals surface area contributed by atoms with Gasteiger partial charge in [-0.1, -0.05) is 55.9 Å². The first-order valence-corrected chi connectivity index (χ1v) is 10.7. The van der Waals surface area contributed by atoms with E-state index in [0.29, 0.717) is 5.16 Å². The third-order valence-corrected chi connectivity index (χ3v) is 5.24. The molecule has 162 valence electrons. The van der Waals surface area contributed by atoms with E-state index in [1.54, 1.807) is 18.5 Å². The number of aromatic amines is 1. The van der Waals surface area contributed by atoms with Crippen LogP contribution in [0.4, 0.5) is 11.5 Å². The number of nitrogens with one attached hydrogen (secondary N) is 1. The molecule has 0 unspecified atom stereocenters. The fraction of sp³-hybridized carbons (Fsp3) is 0.286. The third kappa shape index (κ3) is 5.60. The molecule has 0 bridgehead atoms. The molecule has 0 fully saturated rings. The van der Waals surface area contributed by atoms with Crippen molar-refractivity contribution < 1.29 is 4.79 Å². The van der Waals surface area contributed by atoms with Crippen LogP contribution in [0, 0.1) is 5.92 Å². The summed E-state index contributed by atoms with van der Waals surface area (Å²) in [4.78, 5) is 50.0. The number of anilines is 2. The predicted molar refractivity (Wildman–Crippen MR) is 121 cm³/mol. The van der Waals surface area contributed by atoms with Crippen LogP contribution in [-0.4, -0.2) is 37.7 Å². The molecule has 2 aromatic heterocycles. The normalized spacial score (nSPS) is 10.9. The molecule has 0 radical (unpaired) electrons. The average molecular weight is 441 g/mol. The van der Waals surface area contributed by atoms with E-state index >= 15 is 0 Å². The molecule has 3 N–H and O–H groups in total. The summed E-state index contributed by atoms with van der Waals surface area (Å²) in [5, 5.41) is 0.455. The number of amides is 1. The predicted octanol–water partition coefficient (Wildman–Crippen LogP) is 1.74. The molecule has 0 aliphatic carbocycles. The Morgan fingerprint density at radius 3 is 2.48 bits per heavy atom. The highest BCUT2D eigenvalue weighted by molar-refractivity contribution is 7.99. The number of thioether (sulfide) groups is 1. The van der Waals surface area contributed by atoms with Crippen LogP contribution >= 0.6 is 11.8 Å². The van der Waals surface area contributed by atoms with Gasteiger partial charge in [-0.3, -0.25) is 19.1 Å². The number of nitrogens with zero attached hydrogens (tertiary/aromatic N) is 4. The maximum atomic E-state index is 13.1. The molecular formula is C21H24N6O3S. The first kappa shape index (κ1) is 22.3. The first-order valence-electron chi connectivity index (χ1n) is 9.73. The lowest BCUT2D eigenvalue weighted by Gasteiger charge is -2.26. The van der Waals surface area contributed by atoms with Crippen LogP contribution in [0.25, 0.3) is 0 Å². The van der Waals surface area contributed by atoms with Crippen molar-refractivity contribution in [3.8, 4) is 0 Å². The summed E-state index contributed by atoms with van der Waals surface area (Å²) in [6.45, 7) is 4.30. The second-order valence-electron chi connectivity index (χ2n) is 7.28. The summed E-state index contributed by atoms with van der Waals surface area (Å²) in [6, 6.07) is 11.0. The van der Waals surface area contributed by atoms with Gasteiger partial charge in [-0.25, -0.2) is 14.8 Å². The van der Waals surface area contributed by atoms with Gasteiger partial charge < -0.3 is 10.6 Å². The number of benzene rings is 1. The van der Waals surface area contributed by atoms with E-state index in [1.165, 1.54) is 21.2 Å². The molecular weight excluding hydrogens is 416 g/mol. The van der Waals surface area contributed by atoms with Crippen molar-refractivity contribution in [1.82, 2.24) is 19.5 Å². The zero-order valence-electron chi connectivity index (χ0n) is 17.3. The van der Waals surface area contributed by atoms with Crippen LogP contribution in [0.15, 0.2) is 63.5 Å². The number of nitrogens with two attached hydrogens (primary N) is 1. The van der Waals surface area contributed by atoms with E-state index in [4.69, 9.17) is 5.73 Å². The summed E-state index contributed by atoms with van der Waals surface area (Å²) in [5.41, 5.74) is 5.77. The monoisotopic (exact) mass is 440 g/mol. The summed E-state index contributed by atoms with van der Waals surface area (Å²) in [7, 11) is 0. The van der Waals surface area contributed by atoms with Crippen molar-refractivity contribution in [1.29, 1.82) is 0 Å². The topological polar surface area (TPSA) is 127 Å². The van der Waals surface area contributed by atoms with Gasteiger partial charge in [0.1, 0.15) is 5.82 Å². The van der Waals surface area contributed by atoms with Crippen LogP contribution in [0.1, 0.15) is 19.4 Å². The minimum atomic E-state index is -0.693. The van der Waals surface area contributed by atoms with Crippen molar-refractivity contribution in [3.63, 3.8) is 0 Å². The molecule has 0 saturated heterocycles. The van der Waals surface area contributed by atoms with Gasteiger partial charge in [-0.2, -0.15) is 0 Å². The first-order chi connectivity index (χ1) is 14.9. The Kier molecular flexibility index (Phi) is 7.24. The third-order valence-electron chi connectivity index (χ3n) is 4.38. The van der Waals surface area contributed by atoms with Crippen molar-refractivity contribution in [2.75, 3.05) is 22.9 Å². The molecule has 3 aromatic rings. The number of hydrogen-bond acceptors (Lipinski definition) is 7. The van der Waals surface area contributed by atoms with Crippen LogP contribution < -0.4 is 21.9 Å². The molecule has 9 nitrogen and oxygen atoms in total.